The number of rotatable bonds is 6. The van der Waals surface area contributed by atoms with Crippen molar-refractivity contribution in [2.75, 3.05) is 0 Å². The predicted octanol–water partition coefficient (Wildman–Crippen LogP) is 5.60. The Hall–Kier alpha value is -3.14. The van der Waals surface area contributed by atoms with E-state index in [1.807, 2.05) is 24.8 Å². The van der Waals surface area contributed by atoms with Crippen molar-refractivity contribution in [2.45, 2.75) is 45.6 Å². The maximum atomic E-state index is 4.70. The van der Waals surface area contributed by atoms with Gasteiger partial charge in [-0.25, -0.2) is 4.98 Å². The maximum absolute atomic E-state index is 4.70. The van der Waals surface area contributed by atoms with Crippen molar-refractivity contribution in [1.29, 1.82) is 0 Å². The van der Waals surface area contributed by atoms with Crippen molar-refractivity contribution in [1.82, 2.24) is 19.9 Å². The lowest BCUT2D eigenvalue weighted by molar-refractivity contribution is 0.510. The van der Waals surface area contributed by atoms with Crippen LogP contribution in [0.25, 0.3) is 11.6 Å². The van der Waals surface area contributed by atoms with Crippen LogP contribution in [0.5, 0.6) is 0 Å². The van der Waals surface area contributed by atoms with E-state index in [0.29, 0.717) is 0 Å². The highest BCUT2D eigenvalue weighted by atomic mass is 15.1. The molecule has 0 radical (unpaired) electrons. The zero-order chi connectivity index (χ0) is 21.6. The Labute approximate surface area is 184 Å². The summed E-state index contributed by atoms with van der Waals surface area (Å²) in [7, 11) is 2.07. The molecule has 5 rings (SSSR count). The third-order valence-corrected chi connectivity index (χ3v) is 7.12. The molecular weight excluding hydrogens is 380 g/mol. The molecule has 0 bridgehead atoms. The Bertz CT molecular complexity index is 1180. The van der Waals surface area contributed by atoms with Crippen molar-refractivity contribution in [3.63, 3.8) is 0 Å². The molecule has 1 fully saturated rings. The number of fused-ring (bicyclic) bond motifs is 2. The van der Waals surface area contributed by atoms with Crippen molar-refractivity contribution in [2.24, 2.45) is 12.5 Å². The van der Waals surface area contributed by atoms with E-state index in [1.165, 1.54) is 40.7 Å². The number of benzene rings is 1. The van der Waals surface area contributed by atoms with Crippen LogP contribution in [0.4, 0.5) is 0 Å². The van der Waals surface area contributed by atoms with Crippen LogP contribution in [0.3, 0.4) is 0 Å². The van der Waals surface area contributed by atoms with Gasteiger partial charge in [-0.3, -0.25) is 4.98 Å². The first-order valence-electron chi connectivity index (χ1n) is 11.2. The van der Waals surface area contributed by atoms with Crippen molar-refractivity contribution in [3.8, 4) is 0 Å². The molecule has 1 atom stereocenters. The van der Waals surface area contributed by atoms with E-state index in [2.05, 4.69) is 72.7 Å². The monoisotopic (exact) mass is 410 g/mol. The summed E-state index contributed by atoms with van der Waals surface area (Å²) in [6.45, 7) is 8.93. The molecule has 2 aliphatic carbocycles. The smallest absolute Gasteiger partial charge is 0.0946 e. The first-order valence-corrected chi connectivity index (χ1v) is 11.2. The molecule has 1 N–H and O–H groups in total. The van der Waals surface area contributed by atoms with Gasteiger partial charge in [0.2, 0.25) is 0 Å². The lowest BCUT2D eigenvalue weighted by Crippen LogP contribution is -2.28. The SMILES string of the molecule is C=C(NC(C1=Cc2cccnc2Cc2ccc(C)cc21)c1cncn1C)C1(CC)CC1. The fourth-order valence-corrected chi connectivity index (χ4v) is 4.81. The van der Waals surface area contributed by atoms with Gasteiger partial charge in [-0.15, -0.1) is 0 Å². The van der Waals surface area contributed by atoms with Gasteiger partial charge < -0.3 is 9.88 Å². The number of pyridine rings is 1. The van der Waals surface area contributed by atoms with E-state index >= 15 is 0 Å². The van der Waals surface area contributed by atoms with E-state index in [1.54, 1.807) is 0 Å². The third kappa shape index (κ3) is 3.50. The highest BCUT2D eigenvalue weighted by Gasteiger charge is 2.44. The molecule has 0 saturated heterocycles. The lowest BCUT2D eigenvalue weighted by atomic mass is 9.89. The fourth-order valence-electron chi connectivity index (χ4n) is 4.81. The van der Waals surface area contributed by atoms with E-state index in [-0.39, 0.29) is 11.5 Å². The van der Waals surface area contributed by atoms with Crippen LogP contribution in [0.2, 0.25) is 0 Å². The van der Waals surface area contributed by atoms with E-state index in [0.717, 1.165) is 29.9 Å². The van der Waals surface area contributed by atoms with E-state index in [9.17, 15) is 0 Å². The average Bonchev–Trinajstić information content (AvgIpc) is 3.50. The van der Waals surface area contributed by atoms with Crippen LogP contribution in [0.15, 0.2) is 61.3 Å². The van der Waals surface area contributed by atoms with Gasteiger partial charge in [-0.2, -0.15) is 0 Å². The topological polar surface area (TPSA) is 42.7 Å². The summed E-state index contributed by atoms with van der Waals surface area (Å²) in [6.07, 6.45) is 12.5. The molecule has 0 aliphatic heterocycles. The second-order valence-corrected chi connectivity index (χ2v) is 9.10. The summed E-state index contributed by atoms with van der Waals surface area (Å²) in [5, 5.41) is 3.86. The highest BCUT2D eigenvalue weighted by Crippen LogP contribution is 2.54. The minimum absolute atomic E-state index is 0.0317. The Morgan fingerprint density at radius 2 is 2.13 bits per heavy atom. The van der Waals surface area contributed by atoms with Crippen LogP contribution in [-0.4, -0.2) is 14.5 Å². The zero-order valence-electron chi connectivity index (χ0n) is 18.7. The highest BCUT2D eigenvalue weighted by molar-refractivity contribution is 5.88. The number of aromatic nitrogens is 3. The first-order chi connectivity index (χ1) is 15.0. The minimum Gasteiger partial charge on any atom is -0.376 e. The van der Waals surface area contributed by atoms with Gasteiger partial charge in [0.15, 0.2) is 0 Å². The van der Waals surface area contributed by atoms with Crippen LogP contribution in [0.1, 0.15) is 65.9 Å². The molecule has 2 aromatic heterocycles. The largest absolute Gasteiger partial charge is 0.376 e. The summed E-state index contributed by atoms with van der Waals surface area (Å²) in [4.78, 5) is 9.14. The summed E-state index contributed by atoms with van der Waals surface area (Å²) in [5.74, 6) is 0. The third-order valence-electron chi connectivity index (χ3n) is 7.12. The Morgan fingerprint density at radius 3 is 2.84 bits per heavy atom. The number of hydrogen-bond acceptors (Lipinski definition) is 3. The second-order valence-electron chi connectivity index (χ2n) is 9.10. The van der Waals surface area contributed by atoms with Gasteiger partial charge in [0, 0.05) is 30.8 Å². The summed E-state index contributed by atoms with van der Waals surface area (Å²) in [6, 6.07) is 10.9. The molecule has 4 heteroatoms. The molecule has 31 heavy (non-hydrogen) atoms. The molecule has 0 amide bonds. The van der Waals surface area contributed by atoms with Gasteiger partial charge in [0.05, 0.1) is 30.0 Å². The second kappa shape index (κ2) is 7.52. The molecule has 0 spiro atoms. The van der Waals surface area contributed by atoms with Crippen molar-refractivity contribution in [3.05, 3.63) is 95.0 Å². The van der Waals surface area contributed by atoms with Gasteiger partial charge in [-0.05, 0) is 60.6 Å². The molecule has 1 aromatic carbocycles. The van der Waals surface area contributed by atoms with E-state index < -0.39 is 0 Å². The molecule has 4 nitrogen and oxygen atoms in total. The number of allylic oxidation sites excluding steroid dienone is 1. The summed E-state index contributed by atoms with van der Waals surface area (Å²) in [5.41, 5.74) is 9.93. The Balaban J connectivity index is 1.69. The number of aryl methyl sites for hydroxylation is 2. The predicted molar refractivity (Wildman–Crippen MR) is 126 cm³/mol. The molecular formula is C27H30N4. The quantitative estimate of drug-likeness (QED) is 0.575. The van der Waals surface area contributed by atoms with Gasteiger partial charge in [0.25, 0.3) is 0 Å². The molecule has 2 heterocycles. The van der Waals surface area contributed by atoms with E-state index in [4.69, 9.17) is 4.98 Å². The van der Waals surface area contributed by atoms with Gasteiger partial charge >= 0.3 is 0 Å². The molecule has 3 aromatic rings. The first kappa shape index (κ1) is 19.8. The number of hydrogen-bond donors (Lipinski definition) is 1. The molecule has 158 valence electrons. The normalized spacial score (nSPS) is 17.1. The zero-order valence-corrected chi connectivity index (χ0v) is 18.7. The van der Waals surface area contributed by atoms with Crippen LogP contribution in [-0.2, 0) is 13.5 Å². The maximum Gasteiger partial charge on any atom is 0.0946 e. The molecule has 1 unspecified atom stereocenters. The lowest BCUT2D eigenvalue weighted by Gasteiger charge is -2.29. The van der Waals surface area contributed by atoms with Gasteiger partial charge in [0.1, 0.15) is 0 Å². The molecule has 1 saturated carbocycles. The van der Waals surface area contributed by atoms with Crippen LogP contribution in [0, 0.1) is 12.3 Å². The number of imidazole rings is 1. The Kier molecular flexibility index (Phi) is 4.81. The minimum atomic E-state index is -0.0317. The summed E-state index contributed by atoms with van der Waals surface area (Å²) < 4.78 is 2.11. The standard InChI is InChI=1S/C27H30N4/c1-5-27(10-11-27)19(3)30-26(25-16-28-17-31(25)4)23-14-21-7-6-12-29-24(21)15-20-9-8-18(2)13-22(20)23/h6-9,12-14,16-17,26,30H,3,5,10-11,15H2,1-2,4H3. The van der Waals surface area contributed by atoms with Gasteiger partial charge in [-0.1, -0.05) is 43.3 Å². The fraction of sp³-hybridized carbons (Fsp3) is 0.333. The van der Waals surface area contributed by atoms with Crippen LogP contribution < -0.4 is 5.32 Å². The summed E-state index contributed by atoms with van der Waals surface area (Å²) >= 11 is 0. The molecule has 2 aliphatic rings. The Morgan fingerprint density at radius 1 is 1.29 bits per heavy atom. The average molecular weight is 411 g/mol. The van der Waals surface area contributed by atoms with Crippen molar-refractivity contribution < 1.29 is 0 Å². The number of nitrogens with one attached hydrogen (secondary N) is 1. The van der Waals surface area contributed by atoms with Crippen LogP contribution >= 0.6 is 0 Å². The number of nitrogens with zero attached hydrogens (tertiary/aromatic N) is 3. The van der Waals surface area contributed by atoms with Crippen molar-refractivity contribution >= 4 is 11.6 Å².